The molecule has 0 saturated carbocycles. The first-order valence-corrected chi connectivity index (χ1v) is 14.5. The fraction of sp³-hybridized carbons (Fsp3) is 0.257. The molecule has 10 nitrogen and oxygen atoms in total. The lowest BCUT2D eigenvalue weighted by Crippen LogP contribution is -2.13. The topological polar surface area (TPSA) is 126 Å². The van der Waals surface area contributed by atoms with Crippen molar-refractivity contribution in [3.63, 3.8) is 0 Å². The van der Waals surface area contributed by atoms with Gasteiger partial charge in [-0.05, 0) is 105 Å². The van der Waals surface area contributed by atoms with Gasteiger partial charge in [-0.15, -0.1) is 0 Å². The highest BCUT2D eigenvalue weighted by Gasteiger charge is 2.13. The Morgan fingerprint density at radius 1 is 0.667 bits per heavy atom. The second-order valence-corrected chi connectivity index (χ2v) is 9.73. The molecule has 0 aliphatic heterocycles. The summed E-state index contributed by atoms with van der Waals surface area (Å²) in [6.07, 6.45) is 4.99. The molecule has 0 saturated heterocycles. The number of hydrogen-bond acceptors (Lipinski definition) is 9. The highest BCUT2D eigenvalue weighted by Crippen LogP contribution is 2.24. The summed E-state index contributed by atoms with van der Waals surface area (Å²) in [5.41, 5.74) is 2.03. The summed E-state index contributed by atoms with van der Waals surface area (Å²) in [4.78, 5) is 47.5. The molecule has 0 radical (unpaired) electrons. The van der Waals surface area contributed by atoms with Crippen LogP contribution in [0.25, 0.3) is 0 Å². The Balaban J connectivity index is 1.41. The number of unbranched alkanes of at least 4 members (excludes halogenated alkanes) is 2. The number of anilines is 1. The number of carbonyl (C=O) groups excluding carboxylic acids is 4. The van der Waals surface area contributed by atoms with Gasteiger partial charge in [-0.2, -0.15) is 0 Å². The van der Waals surface area contributed by atoms with Gasteiger partial charge in [-0.25, -0.2) is 14.4 Å². The van der Waals surface area contributed by atoms with Crippen molar-refractivity contribution < 1.29 is 42.9 Å². The molecule has 236 valence electrons. The Kier molecular flexibility index (Phi) is 13.9. The zero-order valence-electron chi connectivity index (χ0n) is 25.3. The van der Waals surface area contributed by atoms with E-state index in [2.05, 4.69) is 18.5 Å². The molecular formula is C35H37NO9. The summed E-state index contributed by atoms with van der Waals surface area (Å²) in [6, 6.07) is 18.4. The van der Waals surface area contributed by atoms with E-state index in [-0.39, 0.29) is 5.91 Å². The van der Waals surface area contributed by atoms with E-state index in [1.54, 1.807) is 73.7 Å². The van der Waals surface area contributed by atoms with Crippen molar-refractivity contribution in [1.82, 2.24) is 0 Å². The minimum absolute atomic E-state index is 0.298. The maximum Gasteiger partial charge on any atom is 0.343 e. The Labute approximate surface area is 262 Å². The second kappa shape index (κ2) is 18.3. The van der Waals surface area contributed by atoms with Crippen LogP contribution in [0.4, 0.5) is 5.69 Å². The molecule has 0 fully saturated rings. The number of rotatable bonds is 18. The van der Waals surface area contributed by atoms with Crippen LogP contribution in [-0.4, -0.2) is 50.2 Å². The van der Waals surface area contributed by atoms with Crippen molar-refractivity contribution in [2.24, 2.45) is 0 Å². The Morgan fingerprint density at radius 3 is 1.64 bits per heavy atom. The molecule has 0 bridgehead atoms. The zero-order valence-corrected chi connectivity index (χ0v) is 25.3. The first-order chi connectivity index (χ1) is 21.8. The van der Waals surface area contributed by atoms with E-state index in [4.69, 9.17) is 23.7 Å². The lowest BCUT2D eigenvalue weighted by Gasteiger charge is -2.11. The number of nitrogens with one attached hydrogen (secondary N) is 1. The zero-order chi connectivity index (χ0) is 32.4. The van der Waals surface area contributed by atoms with Crippen molar-refractivity contribution >= 4 is 29.5 Å². The average Bonchev–Trinajstić information content (AvgIpc) is 3.05. The fourth-order valence-electron chi connectivity index (χ4n) is 3.85. The molecule has 0 aromatic heterocycles. The standard InChI is InChI=1S/C35H37NO9/c1-4-32(37)43-22-8-6-20-41-29-15-10-26(11-16-29)34(39)36-28-14-19-31(25(3)24-28)45-35(40)27-12-17-30(18-13-27)42-21-7-9-23-44-33(38)5-2/h4-5,10-19,24H,1-2,6-9,20-23H2,3H3,(H,36,39). The van der Waals surface area contributed by atoms with E-state index in [1.807, 2.05) is 0 Å². The Bertz CT molecular complexity index is 1460. The van der Waals surface area contributed by atoms with Crippen LogP contribution in [0, 0.1) is 6.92 Å². The van der Waals surface area contributed by atoms with Crippen molar-refractivity contribution in [1.29, 1.82) is 0 Å². The summed E-state index contributed by atoms with van der Waals surface area (Å²) in [5, 5.41) is 2.84. The number of ether oxygens (including phenoxy) is 5. The van der Waals surface area contributed by atoms with Gasteiger partial charge in [0.1, 0.15) is 17.2 Å². The van der Waals surface area contributed by atoms with Crippen LogP contribution in [0.1, 0.15) is 52.0 Å². The average molecular weight is 616 g/mol. The van der Waals surface area contributed by atoms with Gasteiger partial charge in [-0.3, -0.25) is 4.79 Å². The molecule has 0 unspecified atom stereocenters. The van der Waals surface area contributed by atoms with E-state index in [1.165, 1.54) is 0 Å². The maximum atomic E-state index is 12.8. The van der Waals surface area contributed by atoms with Crippen LogP contribution in [-0.2, 0) is 19.1 Å². The fourth-order valence-corrected chi connectivity index (χ4v) is 3.85. The first kappa shape index (κ1) is 34.1. The van der Waals surface area contributed by atoms with Crippen LogP contribution in [0.15, 0.2) is 92.0 Å². The van der Waals surface area contributed by atoms with Crippen molar-refractivity contribution in [2.45, 2.75) is 32.6 Å². The lowest BCUT2D eigenvalue weighted by atomic mass is 10.1. The van der Waals surface area contributed by atoms with Gasteiger partial charge in [0, 0.05) is 23.4 Å². The minimum atomic E-state index is -0.524. The van der Waals surface area contributed by atoms with E-state index in [0.717, 1.165) is 12.2 Å². The summed E-state index contributed by atoms with van der Waals surface area (Å²) in [5.74, 6) is -0.112. The van der Waals surface area contributed by atoms with Crippen LogP contribution in [0.2, 0.25) is 0 Å². The van der Waals surface area contributed by atoms with Gasteiger partial charge < -0.3 is 29.0 Å². The maximum absolute atomic E-state index is 12.8. The van der Waals surface area contributed by atoms with Crippen LogP contribution in [0.5, 0.6) is 17.2 Å². The first-order valence-electron chi connectivity index (χ1n) is 14.5. The summed E-state index contributed by atoms with van der Waals surface area (Å²) < 4.78 is 26.7. The molecular weight excluding hydrogens is 578 g/mol. The molecule has 45 heavy (non-hydrogen) atoms. The van der Waals surface area contributed by atoms with Gasteiger partial charge in [0.05, 0.1) is 32.0 Å². The summed E-state index contributed by atoms with van der Waals surface area (Å²) in [6.45, 7) is 9.97. The molecule has 10 heteroatoms. The van der Waals surface area contributed by atoms with Crippen LogP contribution < -0.4 is 19.5 Å². The van der Waals surface area contributed by atoms with E-state index < -0.39 is 17.9 Å². The van der Waals surface area contributed by atoms with Crippen molar-refractivity contribution in [3.8, 4) is 17.2 Å². The van der Waals surface area contributed by atoms with Crippen molar-refractivity contribution in [3.05, 3.63) is 109 Å². The molecule has 0 aliphatic rings. The molecule has 1 N–H and O–H groups in total. The second-order valence-electron chi connectivity index (χ2n) is 9.73. The third kappa shape index (κ3) is 12.0. The molecule has 3 aromatic rings. The van der Waals surface area contributed by atoms with Crippen LogP contribution in [0.3, 0.4) is 0 Å². The third-order valence-corrected chi connectivity index (χ3v) is 6.28. The summed E-state index contributed by atoms with van der Waals surface area (Å²) >= 11 is 0. The number of hydrogen-bond donors (Lipinski definition) is 1. The number of amides is 1. The van der Waals surface area contributed by atoms with Gasteiger partial charge in [0.15, 0.2) is 0 Å². The molecule has 0 heterocycles. The van der Waals surface area contributed by atoms with E-state index in [9.17, 15) is 19.2 Å². The van der Waals surface area contributed by atoms with E-state index in [0.29, 0.717) is 91.7 Å². The highest BCUT2D eigenvalue weighted by atomic mass is 16.5. The number of carbonyl (C=O) groups is 4. The van der Waals surface area contributed by atoms with Gasteiger partial charge >= 0.3 is 17.9 Å². The Morgan fingerprint density at radius 2 is 1.16 bits per heavy atom. The summed E-state index contributed by atoms with van der Waals surface area (Å²) in [7, 11) is 0. The highest BCUT2D eigenvalue weighted by molar-refractivity contribution is 6.04. The molecule has 0 atom stereocenters. The monoisotopic (exact) mass is 615 g/mol. The number of benzene rings is 3. The smallest absolute Gasteiger partial charge is 0.343 e. The third-order valence-electron chi connectivity index (χ3n) is 6.28. The number of esters is 3. The quantitative estimate of drug-likeness (QED) is 0.0765. The molecule has 0 spiro atoms. The molecule has 3 rings (SSSR count). The largest absolute Gasteiger partial charge is 0.494 e. The predicted molar refractivity (Wildman–Crippen MR) is 169 cm³/mol. The normalized spacial score (nSPS) is 10.2. The van der Waals surface area contributed by atoms with Crippen molar-refractivity contribution in [2.75, 3.05) is 31.7 Å². The van der Waals surface area contributed by atoms with E-state index >= 15 is 0 Å². The van der Waals surface area contributed by atoms with Crippen LogP contribution >= 0.6 is 0 Å². The van der Waals surface area contributed by atoms with Gasteiger partial charge in [-0.1, -0.05) is 13.2 Å². The lowest BCUT2D eigenvalue weighted by molar-refractivity contribution is -0.138. The minimum Gasteiger partial charge on any atom is -0.494 e. The van der Waals surface area contributed by atoms with Gasteiger partial charge in [0.2, 0.25) is 0 Å². The Hall–Kier alpha value is -5.38. The SMILES string of the molecule is C=CC(=O)OCCCCOc1ccc(C(=O)Nc2ccc(OC(=O)c3ccc(OCCCCOC(=O)C=C)cc3)c(C)c2)cc1. The number of aryl methyl sites for hydroxylation is 1. The molecule has 1 amide bonds. The van der Waals surface area contributed by atoms with Gasteiger partial charge in [0.25, 0.3) is 5.91 Å². The molecule has 0 aliphatic carbocycles. The predicted octanol–water partition coefficient (Wildman–Crippen LogP) is 6.24. The molecule has 3 aromatic carbocycles.